The topological polar surface area (TPSA) is 82.4 Å². The number of carbonyl (C=O) groups excluding carboxylic acids is 2. The Kier molecular flexibility index (Phi) is 5.72. The quantitative estimate of drug-likeness (QED) is 0.523. The van der Waals surface area contributed by atoms with Crippen LogP contribution >= 0.6 is 0 Å². The molecule has 1 N–H and O–H groups in total. The lowest BCUT2D eigenvalue weighted by molar-refractivity contribution is 0.0588. The second-order valence-corrected chi connectivity index (χ2v) is 7.00. The average molecular weight is 415 g/mol. The fourth-order valence-corrected chi connectivity index (χ4v) is 3.77. The Bertz CT molecular complexity index is 1160. The van der Waals surface area contributed by atoms with Crippen LogP contribution in [0, 0.1) is 11.8 Å². The summed E-state index contributed by atoms with van der Waals surface area (Å²) >= 11 is 0. The summed E-state index contributed by atoms with van der Waals surface area (Å²) in [6, 6.07) is 16.3. The highest BCUT2D eigenvalue weighted by Crippen LogP contribution is 2.44. The van der Waals surface area contributed by atoms with E-state index in [4.69, 9.17) is 9.47 Å². The normalized spacial score (nSPS) is 11.7. The molecule has 156 valence electrons. The fourth-order valence-electron chi connectivity index (χ4n) is 3.77. The number of amides is 1. The maximum absolute atomic E-state index is 12.2. The zero-order valence-corrected chi connectivity index (χ0v) is 17.2. The number of methoxy groups -OCH3 is 1. The Morgan fingerprint density at radius 2 is 1.74 bits per heavy atom. The van der Waals surface area contributed by atoms with Crippen molar-refractivity contribution in [2.24, 2.45) is 7.05 Å². The molecule has 1 aliphatic rings. The highest BCUT2D eigenvalue weighted by molar-refractivity contribution is 5.90. The van der Waals surface area contributed by atoms with E-state index >= 15 is 0 Å². The van der Waals surface area contributed by atoms with Crippen LogP contribution in [0.1, 0.15) is 33.1 Å². The molecule has 7 heteroatoms. The fraction of sp³-hybridized carbons (Fsp3) is 0.208. The maximum Gasteiger partial charge on any atom is 0.407 e. The van der Waals surface area contributed by atoms with Crippen molar-refractivity contribution >= 4 is 12.1 Å². The minimum absolute atomic E-state index is 0.00208. The summed E-state index contributed by atoms with van der Waals surface area (Å²) in [5, 5.41) is 6.63. The number of nitrogens with zero attached hydrogens (tertiary/aromatic N) is 2. The molecule has 1 amide bonds. The van der Waals surface area contributed by atoms with Gasteiger partial charge in [0.15, 0.2) is 5.69 Å². The Labute approximate surface area is 180 Å². The van der Waals surface area contributed by atoms with Crippen LogP contribution in [0.5, 0.6) is 0 Å². The van der Waals surface area contributed by atoms with Crippen LogP contribution in [0.25, 0.3) is 11.1 Å². The van der Waals surface area contributed by atoms with Gasteiger partial charge in [0, 0.05) is 13.0 Å². The molecule has 1 heterocycles. The second kappa shape index (κ2) is 8.76. The van der Waals surface area contributed by atoms with E-state index in [0.29, 0.717) is 5.56 Å². The zero-order chi connectivity index (χ0) is 21.8. The van der Waals surface area contributed by atoms with Gasteiger partial charge in [-0.25, -0.2) is 9.59 Å². The number of benzene rings is 2. The van der Waals surface area contributed by atoms with Crippen molar-refractivity contribution in [3.63, 3.8) is 0 Å². The maximum atomic E-state index is 12.2. The molecule has 0 fully saturated rings. The Morgan fingerprint density at radius 3 is 2.39 bits per heavy atom. The summed E-state index contributed by atoms with van der Waals surface area (Å²) in [5.74, 6) is 5.11. The molecule has 0 saturated carbocycles. The van der Waals surface area contributed by atoms with Crippen molar-refractivity contribution < 1.29 is 19.1 Å². The Balaban J connectivity index is 1.36. The van der Waals surface area contributed by atoms with Gasteiger partial charge in [-0.3, -0.25) is 4.68 Å². The molecule has 1 aliphatic carbocycles. The first kappa shape index (κ1) is 20.2. The molecule has 0 spiro atoms. The second-order valence-electron chi connectivity index (χ2n) is 7.00. The van der Waals surface area contributed by atoms with Crippen molar-refractivity contribution in [1.82, 2.24) is 15.1 Å². The number of hydrogen-bond acceptors (Lipinski definition) is 5. The summed E-state index contributed by atoms with van der Waals surface area (Å²) in [4.78, 5) is 24.0. The van der Waals surface area contributed by atoms with E-state index in [0.717, 1.165) is 11.1 Å². The van der Waals surface area contributed by atoms with Gasteiger partial charge in [-0.05, 0) is 22.3 Å². The number of ether oxygens (including phenoxy) is 2. The predicted molar refractivity (Wildman–Crippen MR) is 114 cm³/mol. The van der Waals surface area contributed by atoms with Gasteiger partial charge in [0.25, 0.3) is 0 Å². The summed E-state index contributed by atoms with van der Waals surface area (Å²) in [5.41, 5.74) is 5.36. The van der Waals surface area contributed by atoms with Crippen LogP contribution in [-0.4, -0.2) is 42.1 Å². The van der Waals surface area contributed by atoms with E-state index in [2.05, 4.69) is 46.5 Å². The largest absolute Gasteiger partial charge is 0.464 e. The third-order valence-corrected chi connectivity index (χ3v) is 5.21. The average Bonchev–Trinajstić information content (AvgIpc) is 3.32. The summed E-state index contributed by atoms with van der Waals surface area (Å²) < 4.78 is 11.6. The minimum Gasteiger partial charge on any atom is -0.464 e. The number of esters is 1. The van der Waals surface area contributed by atoms with Gasteiger partial charge < -0.3 is 14.8 Å². The zero-order valence-electron chi connectivity index (χ0n) is 17.2. The molecule has 7 nitrogen and oxygen atoms in total. The molecular weight excluding hydrogens is 394 g/mol. The third-order valence-electron chi connectivity index (χ3n) is 5.21. The molecule has 0 atom stereocenters. The minimum atomic E-state index is -0.546. The molecule has 3 aromatic rings. The number of aromatic nitrogens is 2. The van der Waals surface area contributed by atoms with E-state index in [-0.39, 0.29) is 24.8 Å². The van der Waals surface area contributed by atoms with Crippen LogP contribution in [0.2, 0.25) is 0 Å². The van der Waals surface area contributed by atoms with Crippen LogP contribution < -0.4 is 5.32 Å². The van der Waals surface area contributed by atoms with Crippen LogP contribution in [0.15, 0.2) is 54.7 Å². The van der Waals surface area contributed by atoms with Gasteiger partial charge in [-0.15, -0.1) is 0 Å². The predicted octanol–water partition coefficient (Wildman–Crippen LogP) is 3.10. The molecule has 0 aliphatic heterocycles. The monoisotopic (exact) mass is 415 g/mol. The van der Waals surface area contributed by atoms with Crippen molar-refractivity contribution in [2.75, 3.05) is 20.3 Å². The number of aryl methyl sites for hydroxylation is 1. The summed E-state index contributed by atoms with van der Waals surface area (Å²) in [6.45, 7) is 0.314. The number of carbonyl (C=O) groups is 2. The molecule has 1 aromatic heterocycles. The number of hydrogen-bond donors (Lipinski definition) is 1. The molecule has 0 radical (unpaired) electrons. The van der Waals surface area contributed by atoms with E-state index in [9.17, 15) is 9.59 Å². The number of alkyl carbamates (subject to hydrolysis) is 1. The lowest BCUT2D eigenvalue weighted by Gasteiger charge is -2.14. The van der Waals surface area contributed by atoms with Gasteiger partial charge in [0.1, 0.15) is 6.61 Å². The van der Waals surface area contributed by atoms with Gasteiger partial charge in [0.05, 0.1) is 25.4 Å². The third kappa shape index (κ3) is 4.01. The van der Waals surface area contributed by atoms with E-state index < -0.39 is 12.1 Å². The van der Waals surface area contributed by atoms with Gasteiger partial charge in [-0.2, -0.15) is 5.10 Å². The van der Waals surface area contributed by atoms with Crippen LogP contribution in [-0.2, 0) is 16.5 Å². The van der Waals surface area contributed by atoms with Gasteiger partial charge in [-0.1, -0.05) is 60.4 Å². The van der Waals surface area contributed by atoms with E-state index in [1.54, 1.807) is 7.05 Å². The molecule has 31 heavy (non-hydrogen) atoms. The lowest BCUT2D eigenvalue weighted by atomic mass is 9.98. The number of fused-ring (bicyclic) bond motifs is 3. The van der Waals surface area contributed by atoms with E-state index in [1.807, 2.05) is 24.3 Å². The molecule has 0 saturated heterocycles. The van der Waals surface area contributed by atoms with E-state index in [1.165, 1.54) is 29.1 Å². The number of rotatable bonds is 4. The first-order chi connectivity index (χ1) is 15.1. The smallest absolute Gasteiger partial charge is 0.407 e. The highest BCUT2D eigenvalue weighted by Gasteiger charge is 2.28. The molecular formula is C24H21N3O4. The van der Waals surface area contributed by atoms with Gasteiger partial charge in [0.2, 0.25) is 0 Å². The van der Waals surface area contributed by atoms with Crippen LogP contribution in [0.3, 0.4) is 0 Å². The standard InChI is InChI=1S/C24H21N3O4/c1-27-22(23(28)30-2)16(14-26-27)8-7-13-25-24(29)31-15-21-19-11-5-3-9-17(19)18-10-4-6-12-20(18)21/h3-6,9-12,14,21H,13,15H2,1-2H3,(H,25,29). The molecule has 4 rings (SSSR count). The van der Waals surface area contributed by atoms with Crippen molar-refractivity contribution in [3.05, 3.63) is 77.1 Å². The Hall–Kier alpha value is -4.05. The molecule has 0 bridgehead atoms. The Morgan fingerprint density at radius 1 is 1.10 bits per heavy atom. The molecule has 0 unspecified atom stereocenters. The van der Waals surface area contributed by atoms with Crippen LogP contribution in [0.4, 0.5) is 4.79 Å². The highest BCUT2D eigenvalue weighted by atomic mass is 16.5. The first-order valence-corrected chi connectivity index (χ1v) is 9.78. The van der Waals surface area contributed by atoms with Gasteiger partial charge >= 0.3 is 12.1 Å². The van der Waals surface area contributed by atoms with Crippen molar-refractivity contribution in [3.8, 4) is 23.0 Å². The summed E-state index contributed by atoms with van der Waals surface area (Å²) in [6.07, 6.45) is 0.933. The number of nitrogens with one attached hydrogen (secondary N) is 1. The van der Waals surface area contributed by atoms with Crippen molar-refractivity contribution in [2.45, 2.75) is 5.92 Å². The first-order valence-electron chi connectivity index (χ1n) is 9.78. The summed E-state index contributed by atoms with van der Waals surface area (Å²) in [7, 11) is 2.93. The molecule has 2 aromatic carbocycles. The SMILES string of the molecule is COC(=O)c1c(C#CCNC(=O)OCC2c3ccccc3-c3ccccc32)cnn1C. The van der Waals surface area contributed by atoms with Crippen molar-refractivity contribution in [1.29, 1.82) is 0 Å². The lowest BCUT2D eigenvalue weighted by Crippen LogP contribution is -2.26.